The zero-order valence-electron chi connectivity index (χ0n) is 14.4. The average Bonchev–Trinajstić information content (AvgIpc) is 2.53. The Morgan fingerprint density at radius 1 is 0.619 bits per heavy atom. The Bertz CT molecular complexity index is 314. The van der Waals surface area contributed by atoms with Crippen molar-refractivity contribution >= 4 is 0 Å². The summed E-state index contributed by atoms with van der Waals surface area (Å²) in [5.74, 6) is 0.792. The second kappa shape index (κ2) is 12.9. The molecular formula is C21H36. The van der Waals surface area contributed by atoms with Gasteiger partial charge in [-0.2, -0.15) is 0 Å². The highest BCUT2D eigenvalue weighted by Crippen LogP contribution is 2.27. The summed E-state index contributed by atoms with van der Waals surface area (Å²) in [6, 6.07) is 11.1. The minimum atomic E-state index is 0.792. The summed E-state index contributed by atoms with van der Waals surface area (Å²) in [5.41, 5.74) is 1.55. The topological polar surface area (TPSA) is 0 Å². The first-order chi connectivity index (χ1) is 10.4. The van der Waals surface area contributed by atoms with Crippen LogP contribution in [0.15, 0.2) is 30.3 Å². The molecule has 0 saturated heterocycles. The lowest BCUT2D eigenvalue weighted by Gasteiger charge is -2.16. The molecular weight excluding hydrogens is 252 g/mol. The second-order valence-electron chi connectivity index (χ2n) is 6.51. The van der Waals surface area contributed by atoms with Crippen LogP contribution in [0.1, 0.15) is 102 Å². The molecule has 1 aromatic rings. The predicted molar refractivity (Wildman–Crippen MR) is 95.9 cm³/mol. The fourth-order valence-corrected chi connectivity index (χ4v) is 3.25. The van der Waals surface area contributed by atoms with E-state index >= 15 is 0 Å². The van der Waals surface area contributed by atoms with Crippen LogP contribution in [0.25, 0.3) is 0 Å². The molecule has 0 heterocycles. The summed E-state index contributed by atoms with van der Waals surface area (Å²) in [4.78, 5) is 0. The van der Waals surface area contributed by atoms with E-state index in [0.29, 0.717) is 0 Å². The van der Waals surface area contributed by atoms with Gasteiger partial charge in [0.1, 0.15) is 0 Å². The molecule has 0 radical (unpaired) electrons. The molecule has 1 rings (SSSR count). The van der Waals surface area contributed by atoms with E-state index in [9.17, 15) is 0 Å². The van der Waals surface area contributed by atoms with Crippen molar-refractivity contribution < 1.29 is 0 Å². The van der Waals surface area contributed by atoms with Crippen LogP contribution in [-0.2, 0) is 0 Å². The first-order valence-corrected chi connectivity index (χ1v) is 9.43. The van der Waals surface area contributed by atoms with Gasteiger partial charge < -0.3 is 0 Å². The van der Waals surface area contributed by atoms with Crippen molar-refractivity contribution in [2.24, 2.45) is 0 Å². The highest BCUT2D eigenvalue weighted by atomic mass is 14.1. The molecule has 0 bridgehead atoms. The minimum Gasteiger partial charge on any atom is -0.0654 e. The maximum atomic E-state index is 2.31. The van der Waals surface area contributed by atoms with E-state index in [2.05, 4.69) is 44.2 Å². The number of unbranched alkanes of at least 4 members (excludes halogenated alkanes) is 8. The first-order valence-electron chi connectivity index (χ1n) is 9.43. The molecule has 0 aliphatic heterocycles. The molecule has 0 saturated carbocycles. The summed E-state index contributed by atoms with van der Waals surface area (Å²) in [7, 11) is 0. The lowest BCUT2D eigenvalue weighted by molar-refractivity contribution is 0.506. The molecule has 0 spiro atoms. The number of hydrogen-bond acceptors (Lipinski definition) is 0. The average molecular weight is 289 g/mol. The molecule has 1 unspecified atom stereocenters. The van der Waals surface area contributed by atoms with Crippen LogP contribution in [0.5, 0.6) is 0 Å². The maximum Gasteiger partial charge on any atom is -0.0162 e. The molecule has 120 valence electrons. The van der Waals surface area contributed by atoms with Crippen molar-refractivity contribution in [3.8, 4) is 0 Å². The molecule has 0 heteroatoms. The Hall–Kier alpha value is -0.780. The van der Waals surface area contributed by atoms with Crippen LogP contribution < -0.4 is 0 Å². The molecule has 0 fully saturated rings. The fraction of sp³-hybridized carbons (Fsp3) is 0.714. The smallest absolute Gasteiger partial charge is 0.0162 e. The second-order valence-corrected chi connectivity index (χ2v) is 6.51. The van der Waals surface area contributed by atoms with Gasteiger partial charge in [-0.25, -0.2) is 0 Å². The van der Waals surface area contributed by atoms with Crippen LogP contribution in [0.2, 0.25) is 0 Å². The highest BCUT2D eigenvalue weighted by Gasteiger charge is 2.09. The summed E-state index contributed by atoms with van der Waals surface area (Å²) in [6.45, 7) is 4.60. The van der Waals surface area contributed by atoms with Crippen LogP contribution in [-0.4, -0.2) is 0 Å². The summed E-state index contributed by atoms with van der Waals surface area (Å²) in [5, 5.41) is 0. The first kappa shape index (κ1) is 18.3. The molecule has 0 aliphatic carbocycles. The van der Waals surface area contributed by atoms with E-state index in [0.717, 1.165) is 5.92 Å². The van der Waals surface area contributed by atoms with E-state index in [-0.39, 0.29) is 0 Å². The molecule has 1 atom stereocenters. The molecule has 21 heavy (non-hydrogen) atoms. The Kier molecular flexibility index (Phi) is 11.2. The van der Waals surface area contributed by atoms with Gasteiger partial charge in [0.2, 0.25) is 0 Å². The SMILES string of the molecule is CCCCCCCCCCCC(CCC)c1ccccc1. The Balaban J connectivity index is 2.09. The van der Waals surface area contributed by atoms with Crippen molar-refractivity contribution in [3.05, 3.63) is 35.9 Å². The maximum absolute atomic E-state index is 2.31. The third-order valence-corrected chi connectivity index (χ3v) is 4.56. The molecule has 0 N–H and O–H groups in total. The lowest BCUT2D eigenvalue weighted by atomic mass is 9.89. The van der Waals surface area contributed by atoms with Crippen molar-refractivity contribution in [1.82, 2.24) is 0 Å². The lowest BCUT2D eigenvalue weighted by Crippen LogP contribution is -1.98. The molecule has 0 aliphatic rings. The Morgan fingerprint density at radius 3 is 1.76 bits per heavy atom. The van der Waals surface area contributed by atoms with Crippen molar-refractivity contribution in [1.29, 1.82) is 0 Å². The van der Waals surface area contributed by atoms with Crippen molar-refractivity contribution in [2.45, 2.75) is 96.8 Å². The van der Waals surface area contributed by atoms with Gasteiger partial charge in [-0.1, -0.05) is 108 Å². The third-order valence-electron chi connectivity index (χ3n) is 4.56. The van der Waals surface area contributed by atoms with E-state index in [1.807, 2.05) is 0 Å². The Labute approximate surface area is 133 Å². The third kappa shape index (κ3) is 8.96. The molecule has 1 aromatic carbocycles. The number of hydrogen-bond donors (Lipinski definition) is 0. The molecule has 0 aromatic heterocycles. The van der Waals surface area contributed by atoms with Gasteiger partial charge >= 0.3 is 0 Å². The summed E-state index contributed by atoms with van der Waals surface area (Å²) < 4.78 is 0. The van der Waals surface area contributed by atoms with E-state index in [1.54, 1.807) is 5.56 Å². The van der Waals surface area contributed by atoms with Gasteiger partial charge in [-0.3, -0.25) is 0 Å². The van der Waals surface area contributed by atoms with Crippen molar-refractivity contribution in [3.63, 3.8) is 0 Å². The van der Waals surface area contributed by atoms with E-state index in [4.69, 9.17) is 0 Å². The van der Waals surface area contributed by atoms with Crippen LogP contribution in [0.4, 0.5) is 0 Å². The highest BCUT2D eigenvalue weighted by molar-refractivity contribution is 5.19. The van der Waals surface area contributed by atoms with Gasteiger partial charge in [0.25, 0.3) is 0 Å². The van der Waals surface area contributed by atoms with Gasteiger partial charge in [-0.05, 0) is 24.3 Å². The zero-order valence-corrected chi connectivity index (χ0v) is 14.4. The van der Waals surface area contributed by atoms with E-state index in [1.165, 1.54) is 77.0 Å². The predicted octanol–water partition coefficient (Wildman–Crippen LogP) is 7.49. The van der Waals surface area contributed by atoms with Gasteiger partial charge in [0.15, 0.2) is 0 Å². The minimum absolute atomic E-state index is 0.792. The van der Waals surface area contributed by atoms with Gasteiger partial charge in [0.05, 0.1) is 0 Å². The normalized spacial score (nSPS) is 12.5. The van der Waals surface area contributed by atoms with Crippen molar-refractivity contribution in [2.75, 3.05) is 0 Å². The fourth-order valence-electron chi connectivity index (χ4n) is 3.25. The number of benzene rings is 1. The van der Waals surface area contributed by atoms with Gasteiger partial charge in [-0.15, -0.1) is 0 Å². The Morgan fingerprint density at radius 2 is 1.19 bits per heavy atom. The largest absolute Gasteiger partial charge is 0.0654 e. The molecule has 0 nitrogen and oxygen atoms in total. The zero-order chi connectivity index (χ0) is 15.2. The quantitative estimate of drug-likeness (QED) is 0.330. The molecule has 0 amide bonds. The monoisotopic (exact) mass is 288 g/mol. The van der Waals surface area contributed by atoms with Gasteiger partial charge in [0, 0.05) is 0 Å². The summed E-state index contributed by atoms with van der Waals surface area (Å²) in [6.07, 6.45) is 16.9. The van der Waals surface area contributed by atoms with Crippen LogP contribution in [0.3, 0.4) is 0 Å². The van der Waals surface area contributed by atoms with E-state index < -0.39 is 0 Å². The standard InChI is InChI=1S/C21H36/c1-3-5-6-7-8-9-10-11-13-17-20(16-4-2)21-18-14-12-15-19-21/h12,14-15,18-20H,3-11,13,16-17H2,1-2H3. The van der Waals surface area contributed by atoms with Crippen LogP contribution in [0, 0.1) is 0 Å². The summed E-state index contributed by atoms with van der Waals surface area (Å²) >= 11 is 0. The van der Waals surface area contributed by atoms with Crippen LogP contribution >= 0.6 is 0 Å². The number of rotatable bonds is 13.